The van der Waals surface area contributed by atoms with Crippen molar-refractivity contribution in [3.05, 3.63) is 51.4 Å². The molecule has 5 heteroatoms. The van der Waals surface area contributed by atoms with Crippen LogP contribution in [0.3, 0.4) is 0 Å². The first kappa shape index (κ1) is 11.1. The highest BCUT2D eigenvalue weighted by Crippen LogP contribution is 2.11. The molecule has 0 radical (unpaired) electrons. The monoisotopic (exact) mass is 328 g/mol. The molecular weight excluding hydrogens is 319 g/mol. The maximum atomic E-state index is 11.8. The van der Waals surface area contributed by atoms with Gasteiger partial charge in [-0.1, -0.05) is 17.3 Å². The molecule has 0 saturated carbocycles. The number of benzene rings is 1. The van der Waals surface area contributed by atoms with Crippen molar-refractivity contribution in [2.75, 3.05) is 0 Å². The van der Waals surface area contributed by atoms with E-state index in [1.807, 2.05) is 18.2 Å². The second-order valence-corrected chi connectivity index (χ2v) is 4.30. The molecular formula is C11H9IN2O2. The van der Waals surface area contributed by atoms with Crippen molar-refractivity contribution in [3.63, 3.8) is 0 Å². The van der Waals surface area contributed by atoms with Crippen molar-refractivity contribution in [2.24, 2.45) is 0 Å². The summed E-state index contributed by atoms with van der Waals surface area (Å²) in [5, 5.41) is 6.33. The quantitative estimate of drug-likeness (QED) is 0.879. The van der Waals surface area contributed by atoms with E-state index in [0.29, 0.717) is 17.9 Å². The lowest BCUT2D eigenvalue weighted by Gasteiger charge is -2.04. The number of hydrogen-bond acceptors (Lipinski definition) is 3. The summed E-state index contributed by atoms with van der Waals surface area (Å²) < 4.78 is 5.81. The van der Waals surface area contributed by atoms with Crippen LogP contribution < -0.4 is 5.32 Å². The zero-order valence-electron chi connectivity index (χ0n) is 8.31. The van der Waals surface area contributed by atoms with E-state index >= 15 is 0 Å². The van der Waals surface area contributed by atoms with Gasteiger partial charge in [-0.2, -0.15) is 0 Å². The van der Waals surface area contributed by atoms with Crippen LogP contribution in [-0.4, -0.2) is 11.1 Å². The van der Waals surface area contributed by atoms with E-state index in [-0.39, 0.29) is 5.91 Å². The third kappa shape index (κ3) is 2.60. The predicted molar refractivity (Wildman–Crippen MR) is 66.8 cm³/mol. The lowest BCUT2D eigenvalue weighted by atomic mass is 10.2. The summed E-state index contributed by atoms with van der Waals surface area (Å²) in [6.45, 7) is 0.351. The number of hydrogen-bond donors (Lipinski definition) is 1. The van der Waals surface area contributed by atoms with Gasteiger partial charge in [0.05, 0.1) is 18.3 Å². The summed E-state index contributed by atoms with van der Waals surface area (Å²) in [6, 6.07) is 9.14. The number of amides is 1. The zero-order chi connectivity index (χ0) is 11.4. The van der Waals surface area contributed by atoms with Gasteiger partial charge in [-0.15, -0.1) is 0 Å². The Morgan fingerprint density at radius 3 is 2.88 bits per heavy atom. The molecule has 16 heavy (non-hydrogen) atoms. The Morgan fingerprint density at radius 2 is 2.19 bits per heavy atom. The number of rotatable bonds is 3. The minimum atomic E-state index is -0.110. The normalized spacial score (nSPS) is 10.1. The van der Waals surface area contributed by atoms with Gasteiger partial charge in [-0.25, -0.2) is 0 Å². The maximum absolute atomic E-state index is 11.8. The fourth-order valence-electron chi connectivity index (χ4n) is 1.24. The number of aromatic nitrogens is 1. The van der Waals surface area contributed by atoms with Gasteiger partial charge < -0.3 is 9.84 Å². The third-order valence-electron chi connectivity index (χ3n) is 2.03. The molecule has 2 aromatic rings. The lowest BCUT2D eigenvalue weighted by molar-refractivity contribution is 0.0946. The molecule has 0 atom stereocenters. The fraction of sp³-hybridized carbons (Fsp3) is 0.0909. The first-order chi connectivity index (χ1) is 7.77. The molecule has 1 N–H and O–H groups in total. The molecule has 0 unspecified atom stereocenters. The number of halogens is 1. The largest absolute Gasteiger partial charge is 0.360 e. The highest BCUT2D eigenvalue weighted by molar-refractivity contribution is 14.1. The number of carbonyl (C=O) groups is 1. The van der Waals surface area contributed by atoms with Crippen LogP contribution in [0.2, 0.25) is 0 Å². The Kier molecular flexibility index (Phi) is 3.55. The zero-order valence-corrected chi connectivity index (χ0v) is 10.5. The van der Waals surface area contributed by atoms with Crippen LogP contribution in [0.1, 0.15) is 16.1 Å². The van der Waals surface area contributed by atoms with Crippen LogP contribution in [0, 0.1) is 3.57 Å². The van der Waals surface area contributed by atoms with E-state index in [9.17, 15) is 4.79 Å². The Morgan fingerprint density at radius 1 is 1.38 bits per heavy atom. The maximum Gasteiger partial charge on any atom is 0.252 e. The van der Waals surface area contributed by atoms with E-state index < -0.39 is 0 Å². The van der Waals surface area contributed by atoms with Crippen molar-refractivity contribution in [1.82, 2.24) is 10.5 Å². The Labute approximate surface area is 106 Å². The fourth-order valence-corrected chi connectivity index (χ4v) is 1.87. The highest BCUT2D eigenvalue weighted by Gasteiger charge is 2.09. The van der Waals surface area contributed by atoms with E-state index in [1.54, 1.807) is 18.3 Å². The number of nitrogens with one attached hydrogen (secondary N) is 1. The SMILES string of the molecule is O=C(NCc1ccno1)c1ccccc1I. The smallest absolute Gasteiger partial charge is 0.252 e. The Hall–Kier alpha value is -1.37. The van der Waals surface area contributed by atoms with Gasteiger partial charge in [-0.05, 0) is 34.7 Å². The van der Waals surface area contributed by atoms with Crippen molar-refractivity contribution in [1.29, 1.82) is 0 Å². The molecule has 0 spiro atoms. The summed E-state index contributed by atoms with van der Waals surface area (Å²) in [4.78, 5) is 11.8. The summed E-state index contributed by atoms with van der Waals surface area (Å²) >= 11 is 2.13. The molecule has 1 amide bonds. The molecule has 1 aromatic carbocycles. The first-order valence-corrected chi connectivity index (χ1v) is 5.77. The molecule has 0 aliphatic carbocycles. The summed E-state index contributed by atoms with van der Waals surface area (Å²) in [5.41, 5.74) is 0.669. The molecule has 82 valence electrons. The van der Waals surface area contributed by atoms with Gasteiger partial charge in [0.15, 0.2) is 5.76 Å². The van der Waals surface area contributed by atoms with E-state index in [0.717, 1.165) is 3.57 Å². The minimum Gasteiger partial charge on any atom is -0.360 e. The summed E-state index contributed by atoms with van der Waals surface area (Å²) in [7, 11) is 0. The van der Waals surface area contributed by atoms with Crippen molar-refractivity contribution in [3.8, 4) is 0 Å². The van der Waals surface area contributed by atoms with Crippen LogP contribution in [0.5, 0.6) is 0 Å². The molecule has 0 fully saturated rings. The molecule has 0 bridgehead atoms. The second kappa shape index (κ2) is 5.11. The van der Waals surface area contributed by atoms with Crippen LogP contribution in [0.25, 0.3) is 0 Å². The van der Waals surface area contributed by atoms with Gasteiger partial charge in [0.25, 0.3) is 5.91 Å². The highest BCUT2D eigenvalue weighted by atomic mass is 127. The molecule has 2 rings (SSSR count). The molecule has 4 nitrogen and oxygen atoms in total. The van der Waals surface area contributed by atoms with E-state index in [1.165, 1.54) is 0 Å². The topological polar surface area (TPSA) is 55.1 Å². The first-order valence-electron chi connectivity index (χ1n) is 4.69. The van der Waals surface area contributed by atoms with Crippen molar-refractivity contribution in [2.45, 2.75) is 6.54 Å². The van der Waals surface area contributed by atoms with Gasteiger partial charge in [0.1, 0.15) is 0 Å². The molecule has 1 heterocycles. The van der Waals surface area contributed by atoms with Crippen LogP contribution in [-0.2, 0) is 6.54 Å². The average molecular weight is 328 g/mol. The van der Waals surface area contributed by atoms with Crippen LogP contribution in [0.4, 0.5) is 0 Å². The van der Waals surface area contributed by atoms with E-state index in [4.69, 9.17) is 4.52 Å². The van der Waals surface area contributed by atoms with Crippen LogP contribution in [0.15, 0.2) is 41.1 Å². The van der Waals surface area contributed by atoms with Gasteiger partial charge in [0, 0.05) is 9.64 Å². The molecule has 1 aromatic heterocycles. The Balaban J connectivity index is 2.01. The van der Waals surface area contributed by atoms with Gasteiger partial charge in [0.2, 0.25) is 0 Å². The van der Waals surface area contributed by atoms with Crippen molar-refractivity contribution < 1.29 is 9.32 Å². The number of carbonyl (C=O) groups excluding carboxylic acids is 1. The third-order valence-corrected chi connectivity index (χ3v) is 2.97. The average Bonchev–Trinajstić information content (AvgIpc) is 2.79. The second-order valence-electron chi connectivity index (χ2n) is 3.14. The van der Waals surface area contributed by atoms with Gasteiger partial charge >= 0.3 is 0 Å². The molecule has 0 saturated heterocycles. The number of nitrogens with zero attached hydrogens (tertiary/aromatic N) is 1. The van der Waals surface area contributed by atoms with Crippen LogP contribution >= 0.6 is 22.6 Å². The molecule has 0 aliphatic rings. The summed E-state index contributed by atoms with van der Waals surface area (Å²) in [5.74, 6) is 0.528. The van der Waals surface area contributed by atoms with Gasteiger partial charge in [-0.3, -0.25) is 4.79 Å². The molecule has 0 aliphatic heterocycles. The summed E-state index contributed by atoms with van der Waals surface area (Å²) in [6.07, 6.45) is 1.55. The minimum absolute atomic E-state index is 0.110. The predicted octanol–water partition coefficient (Wildman–Crippen LogP) is 2.21. The van der Waals surface area contributed by atoms with E-state index in [2.05, 4.69) is 33.1 Å². The lowest BCUT2D eigenvalue weighted by Crippen LogP contribution is -2.23. The van der Waals surface area contributed by atoms with Crippen molar-refractivity contribution >= 4 is 28.5 Å². The Bertz CT molecular complexity index is 482. The standard InChI is InChI=1S/C11H9IN2O2/c12-10-4-2-1-3-9(10)11(15)13-7-8-5-6-14-16-8/h1-6H,7H2,(H,13,15).